The highest BCUT2D eigenvalue weighted by Gasteiger charge is 1.99. The minimum absolute atomic E-state index is 0.529. The molecular weight excluding hydrogens is 188 g/mol. The zero-order valence-electron chi connectivity index (χ0n) is 8.72. The average molecular weight is 202 g/mol. The van der Waals surface area contributed by atoms with Gasteiger partial charge < -0.3 is 5.73 Å². The van der Waals surface area contributed by atoms with Gasteiger partial charge in [-0.3, -0.25) is 9.67 Å². The summed E-state index contributed by atoms with van der Waals surface area (Å²) in [7, 11) is 0. The number of nitrogens with two attached hydrogens (primary N) is 1. The van der Waals surface area contributed by atoms with E-state index in [2.05, 4.69) is 10.1 Å². The monoisotopic (exact) mass is 202 g/mol. The van der Waals surface area contributed by atoms with Crippen molar-refractivity contribution >= 4 is 0 Å². The quantitative estimate of drug-likeness (QED) is 0.810. The van der Waals surface area contributed by atoms with E-state index < -0.39 is 0 Å². The SMILES string of the molecule is Cc1cccc(Cn2cc(CN)cn2)n1. The van der Waals surface area contributed by atoms with E-state index in [1.807, 2.05) is 36.0 Å². The molecule has 0 aliphatic heterocycles. The van der Waals surface area contributed by atoms with Crippen LogP contribution in [-0.4, -0.2) is 14.8 Å². The molecule has 4 nitrogen and oxygen atoms in total. The molecule has 0 aliphatic rings. The van der Waals surface area contributed by atoms with Crippen molar-refractivity contribution in [1.82, 2.24) is 14.8 Å². The Morgan fingerprint density at radius 2 is 2.27 bits per heavy atom. The Balaban J connectivity index is 2.14. The van der Waals surface area contributed by atoms with E-state index in [-0.39, 0.29) is 0 Å². The van der Waals surface area contributed by atoms with Gasteiger partial charge in [-0.25, -0.2) is 0 Å². The van der Waals surface area contributed by atoms with Gasteiger partial charge in [0.05, 0.1) is 18.4 Å². The fourth-order valence-corrected chi connectivity index (χ4v) is 1.45. The second-order valence-electron chi connectivity index (χ2n) is 3.52. The van der Waals surface area contributed by atoms with Crippen LogP contribution in [0.25, 0.3) is 0 Å². The molecule has 2 rings (SSSR count). The summed E-state index contributed by atoms with van der Waals surface area (Å²) in [5, 5.41) is 4.21. The Morgan fingerprint density at radius 1 is 1.40 bits per heavy atom. The van der Waals surface area contributed by atoms with Crippen LogP contribution in [0.3, 0.4) is 0 Å². The third kappa shape index (κ3) is 2.41. The van der Waals surface area contributed by atoms with Gasteiger partial charge in [0, 0.05) is 24.0 Å². The zero-order valence-corrected chi connectivity index (χ0v) is 8.72. The Bertz CT molecular complexity index is 447. The van der Waals surface area contributed by atoms with E-state index in [4.69, 9.17) is 5.73 Å². The molecule has 0 amide bonds. The highest BCUT2D eigenvalue weighted by molar-refractivity contribution is 5.11. The van der Waals surface area contributed by atoms with Crippen LogP contribution in [0.15, 0.2) is 30.6 Å². The predicted molar refractivity (Wildman–Crippen MR) is 58.2 cm³/mol. The van der Waals surface area contributed by atoms with Gasteiger partial charge in [-0.15, -0.1) is 0 Å². The number of hydrogen-bond acceptors (Lipinski definition) is 3. The summed E-state index contributed by atoms with van der Waals surface area (Å²) in [6.45, 7) is 3.21. The van der Waals surface area contributed by atoms with Crippen molar-refractivity contribution in [2.24, 2.45) is 5.73 Å². The van der Waals surface area contributed by atoms with Crippen molar-refractivity contribution in [3.63, 3.8) is 0 Å². The number of hydrogen-bond donors (Lipinski definition) is 1. The van der Waals surface area contributed by atoms with Crippen LogP contribution in [0, 0.1) is 6.92 Å². The highest BCUT2D eigenvalue weighted by atomic mass is 15.3. The van der Waals surface area contributed by atoms with Gasteiger partial charge in [-0.05, 0) is 19.1 Å². The van der Waals surface area contributed by atoms with Gasteiger partial charge >= 0.3 is 0 Å². The van der Waals surface area contributed by atoms with Gasteiger partial charge in [0.25, 0.3) is 0 Å². The Labute approximate surface area is 88.8 Å². The molecule has 2 aromatic rings. The Kier molecular flexibility index (Phi) is 2.78. The van der Waals surface area contributed by atoms with Crippen LogP contribution in [0.1, 0.15) is 17.0 Å². The van der Waals surface area contributed by atoms with Crippen LogP contribution >= 0.6 is 0 Å². The third-order valence-electron chi connectivity index (χ3n) is 2.19. The summed E-state index contributed by atoms with van der Waals surface area (Å²) in [5.41, 5.74) is 8.60. The summed E-state index contributed by atoms with van der Waals surface area (Å²) >= 11 is 0. The third-order valence-corrected chi connectivity index (χ3v) is 2.19. The van der Waals surface area contributed by atoms with Crippen molar-refractivity contribution in [2.45, 2.75) is 20.0 Å². The lowest BCUT2D eigenvalue weighted by Gasteiger charge is -2.01. The van der Waals surface area contributed by atoms with Crippen LogP contribution in [-0.2, 0) is 13.1 Å². The molecule has 0 saturated heterocycles. The van der Waals surface area contributed by atoms with E-state index in [1.54, 1.807) is 6.20 Å². The molecule has 0 radical (unpaired) electrons. The molecule has 0 bridgehead atoms. The minimum Gasteiger partial charge on any atom is -0.326 e. The van der Waals surface area contributed by atoms with E-state index in [1.165, 1.54) is 0 Å². The fourth-order valence-electron chi connectivity index (χ4n) is 1.45. The van der Waals surface area contributed by atoms with Gasteiger partial charge in [-0.1, -0.05) is 6.07 Å². The Morgan fingerprint density at radius 3 is 2.93 bits per heavy atom. The number of rotatable bonds is 3. The molecule has 2 aromatic heterocycles. The van der Waals surface area contributed by atoms with Crippen LogP contribution in [0.5, 0.6) is 0 Å². The Hall–Kier alpha value is -1.68. The van der Waals surface area contributed by atoms with Crippen molar-refractivity contribution in [3.8, 4) is 0 Å². The van der Waals surface area contributed by atoms with Crippen molar-refractivity contribution in [3.05, 3.63) is 47.5 Å². The number of aromatic nitrogens is 3. The molecule has 0 saturated carbocycles. The predicted octanol–water partition coefficient (Wildman–Crippen LogP) is 1.09. The smallest absolute Gasteiger partial charge is 0.0831 e. The van der Waals surface area contributed by atoms with E-state index >= 15 is 0 Å². The van der Waals surface area contributed by atoms with Gasteiger partial charge in [0.2, 0.25) is 0 Å². The molecule has 0 spiro atoms. The second kappa shape index (κ2) is 4.23. The van der Waals surface area contributed by atoms with Crippen molar-refractivity contribution < 1.29 is 0 Å². The van der Waals surface area contributed by atoms with Crippen LogP contribution < -0.4 is 5.73 Å². The minimum atomic E-state index is 0.529. The first-order valence-electron chi connectivity index (χ1n) is 4.92. The number of pyridine rings is 1. The maximum atomic E-state index is 5.51. The molecule has 0 atom stereocenters. The molecule has 2 heterocycles. The van der Waals surface area contributed by atoms with Gasteiger partial charge in [0.15, 0.2) is 0 Å². The van der Waals surface area contributed by atoms with Crippen molar-refractivity contribution in [2.75, 3.05) is 0 Å². The molecule has 15 heavy (non-hydrogen) atoms. The topological polar surface area (TPSA) is 56.7 Å². The highest BCUT2D eigenvalue weighted by Crippen LogP contribution is 2.02. The molecule has 78 valence electrons. The van der Waals surface area contributed by atoms with Gasteiger partial charge in [-0.2, -0.15) is 5.10 Å². The van der Waals surface area contributed by atoms with Gasteiger partial charge in [0.1, 0.15) is 0 Å². The molecule has 0 unspecified atom stereocenters. The number of aryl methyl sites for hydroxylation is 1. The van der Waals surface area contributed by atoms with E-state index in [0.29, 0.717) is 13.1 Å². The zero-order chi connectivity index (χ0) is 10.7. The summed E-state index contributed by atoms with van der Waals surface area (Å²) < 4.78 is 1.85. The molecule has 0 fully saturated rings. The first-order chi connectivity index (χ1) is 7.28. The summed E-state index contributed by atoms with van der Waals surface area (Å²) in [6, 6.07) is 5.99. The molecular formula is C11H14N4. The standard InChI is InChI=1S/C11H14N4/c1-9-3-2-4-11(14-9)8-15-7-10(5-12)6-13-15/h2-4,6-7H,5,8,12H2,1H3. The lowest BCUT2D eigenvalue weighted by molar-refractivity contribution is 0.670. The van der Waals surface area contributed by atoms with Crippen LogP contribution in [0.4, 0.5) is 0 Å². The molecule has 4 heteroatoms. The lowest BCUT2D eigenvalue weighted by atomic mass is 10.3. The second-order valence-corrected chi connectivity index (χ2v) is 3.52. The molecule has 2 N–H and O–H groups in total. The normalized spacial score (nSPS) is 10.5. The summed E-state index contributed by atoms with van der Waals surface area (Å²) in [5.74, 6) is 0. The lowest BCUT2D eigenvalue weighted by Crippen LogP contribution is -2.02. The maximum Gasteiger partial charge on any atom is 0.0831 e. The first-order valence-corrected chi connectivity index (χ1v) is 4.92. The average Bonchev–Trinajstić information content (AvgIpc) is 2.65. The molecule has 0 aromatic carbocycles. The maximum absolute atomic E-state index is 5.51. The van der Waals surface area contributed by atoms with E-state index in [9.17, 15) is 0 Å². The van der Waals surface area contributed by atoms with E-state index in [0.717, 1.165) is 17.0 Å². The van der Waals surface area contributed by atoms with Crippen molar-refractivity contribution in [1.29, 1.82) is 0 Å². The summed E-state index contributed by atoms with van der Waals surface area (Å²) in [6.07, 6.45) is 3.74. The first kappa shape index (κ1) is 9.86. The largest absolute Gasteiger partial charge is 0.326 e. The molecule has 0 aliphatic carbocycles. The van der Waals surface area contributed by atoms with Crippen LogP contribution in [0.2, 0.25) is 0 Å². The fraction of sp³-hybridized carbons (Fsp3) is 0.273. The number of nitrogens with zero attached hydrogens (tertiary/aromatic N) is 3. The summed E-state index contributed by atoms with van der Waals surface area (Å²) in [4.78, 5) is 4.41.